The van der Waals surface area contributed by atoms with Crippen molar-refractivity contribution in [3.63, 3.8) is 0 Å². The Kier molecular flexibility index (Phi) is 7.80. The standard InChI is InChI=1S/C22H26Cl2N2O3S/c1-2-30(28,29)19-8-6-18(7-9-19)22(27)26(14-13-25-11-3-4-12-25)16-17-5-10-20(23)21(24)15-17/h5-10,15H,2-4,11-14,16H2,1H3. The van der Waals surface area contributed by atoms with Crippen molar-refractivity contribution >= 4 is 38.9 Å². The fourth-order valence-corrected chi connectivity index (χ4v) is 4.74. The van der Waals surface area contributed by atoms with Crippen molar-refractivity contribution in [2.24, 2.45) is 0 Å². The molecular weight excluding hydrogens is 443 g/mol. The van der Waals surface area contributed by atoms with Crippen LogP contribution in [0.25, 0.3) is 0 Å². The molecule has 1 aliphatic heterocycles. The van der Waals surface area contributed by atoms with Gasteiger partial charge >= 0.3 is 0 Å². The van der Waals surface area contributed by atoms with Gasteiger partial charge < -0.3 is 9.80 Å². The van der Waals surface area contributed by atoms with E-state index in [2.05, 4.69) is 4.90 Å². The number of likely N-dealkylation sites (tertiary alicyclic amines) is 1. The molecule has 0 saturated carbocycles. The monoisotopic (exact) mass is 468 g/mol. The molecule has 162 valence electrons. The highest BCUT2D eigenvalue weighted by molar-refractivity contribution is 7.91. The molecule has 0 N–H and O–H groups in total. The van der Waals surface area contributed by atoms with Crippen molar-refractivity contribution in [1.82, 2.24) is 9.80 Å². The minimum Gasteiger partial charge on any atom is -0.333 e. The fourth-order valence-electron chi connectivity index (χ4n) is 3.53. The Morgan fingerprint density at radius 3 is 2.30 bits per heavy atom. The zero-order valence-corrected chi connectivity index (χ0v) is 19.3. The van der Waals surface area contributed by atoms with Crippen molar-refractivity contribution in [2.45, 2.75) is 31.2 Å². The van der Waals surface area contributed by atoms with E-state index in [1.807, 2.05) is 6.07 Å². The molecule has 1 saturated heterocycles. The van der Waals surface area contributed by atoms with Crippen molar-refractivity contribution < 1.29 is 13.2 Å². The van der Waals surface area contributed by atoms with E-state index >= 15 is 0 Å². The molecule has 0 aliphatic carbocycles. The molecule has 0 radical (unpaired) electrons. The molecule has 1 aliphatic rings. The van der Waals surface area contributed by atoms with Crippen molar-refractivity contribution in [3.05, 3.63) is 63.6 Å². The molecule has 5 nitrogen and oxygen atoms in total. The minimum absolute atomic E-state index is 0.0274. The zero-order valence-electron chi connectivity index (χ0n) is 17.0. The lowest BCUT2D eigenvalue weighted by Crippen LogP contribution is -2.37. The van der Waals surface area contributed by atoms with Gasteiger partial charge in [0, 0.05) is 25.2 Å². The normalized spacial score (nSPS) is 14.8. The lowest BCUT2D eigenvalue weighted by atomic mass is 10.1. The second-order valence-corrected chi connectivity index (χ2v) is 10.5. The Labute approximate surface area is 188 Å². The summed E-state index contributed by atoms with van der Waals surface area (Å²) < 4.78 is 24.1. The summed E-state index contributed by atoms with van der Waals surface area (Å²) in [5.74, 6) is -0.111. The highest BCUT2D eigenvalue weighted by atomic mass is 35.5. The molecule has 30 heavy (non-hydrogen) atoms. The van der Waals surface area contributed by atoms with E-state index in [1.54, 1.807) is 36.1 Å². The van der Waals surface area contributed by atoms with Crippen LogP contribution in [-0.4, -0.2) is 56.1 Å². The molecule has 0 bridgehead atoms. The smallest absolute Gasteiger partial charge is 0.254 e. The number of amides is 1. The summed E-state index contributed by atoms with van der Waals surface area (Å²) in [7, 11) is -3.30. The van der Waals surface area contributed by atoms with Gasteiger partial charge in [-0.05, 0) is 67.9 Å². The molecule has 1 fully saturated rings. The third-order valence-electron chi connectivity index (χ3n) is 5.37. The van der Waals surface area contributed by atoms with Crippen LogP contribution in [0.15, 0.2) is 47.4 Å². The first-order chi connectivity index (χ1) is 14.3. The summed E-state index contributed by atoms with van der Waals surface area (Å²) in [6, 6.07) is 11.5. The summed E-state index contributed by atoms with van der Waals surface area (Å²) in [6.45, 7) is 5.49. The summed E-state index contributed by atoms with van der Waals surface area (Å²) >= 11 is 12.2. The summed E-state index contributed by atoms with van der Waals surface area (Å²) in [5.41, 5.74) is 1.36. The number of halogens is 2. The van der Waals surface area contributed by atoms with Crippen molar-refractivity contribution in [3.8, 4) is 0 Å². The maximum atomic E-state index is 13.2. The summed E-state index contributed by atoms with van der Waals surface area (Å²) in [5, 5.41) is 0.929. The largest absolute Gasteiger partial charge is 0.333 e. The SMILES string of the molecule is CCS(=O)(=O)c1ccc(C(=O)N(CCN2CCCC2)Cc2ccc(Cl)c(Cl)c2)cc1. The Morgan fingerprint density at radius 1 is 1.03 bits per heavy atom. The molecule has 0 atom stereocenters. The lowest BCUT2D eigenvalue weighted by molar-refractivity contribution is 0.0727. The number of rotatable bonds is 8. The first kappa shape index (κ1) is 23.1. The van der Waals surface area contributed by atoms with Gasteiger partial charge in [-0.3, -0.25) is 4.79 Å². The first-order valence-corrected chi connectivity index (χ1v) is 12.5. The lowest BCUT2D eigenvalue weighted by Gasteiger charge is -2.26. The van der Waals surface area contributed by atoms with Gasteiger partial charge in [0.25, 0.3) is 5.91 Å². The van der Waals surface area contributed by atoms with Crippen LogP contribution in [0.4, 0.5) is 0 Å². The molecule has 8 heteroatoms. The maximum absolute atomic E-state index is 13.2. The number of hydrogen-bond donors (Lipinski definition) is 0. The third-order valence-corrected chi connectivity index (χ3v) is 7.86. The van der Waals surface area contributed by atoms with E-state index in [0.29, 0.717) is 28.7 Å². The van der Waals surface area contributed by atoms with Crippen LogP contribution < -0.4 is 0 Å². The maximum Gasteiger partial charge on any atom is 0.254 e. The Bertz CT molecular complexity index is 988. The van der Waals surface area contributed by atoms with Gasteiger partial charge in [-0.2, -0.15) is 0 Å². The molecule has 1 heterocycles. The van der Waals surface area contributed by atoms with Crippen molar-refractivity contribution in [2.75, 3.05) is 31.9 Å². The predicted octanol–water partition coefficient (Wildman–Crippen LogP) is 4.53. The van der Waals surface area contributed by atoms with Gasteiger partial charge in [-0.25, -0.2) is 8.42 Å². The van der Waals surface area contributed by atoms with E-state index in [4.69, 9.17) is 23.2 Å². The molecule has 0 aromatic heterocycles. The van der Waals surface area contributed by atoms with Crippen molar-refractivity contribution in [1.29, 1.82) is 0 Å². The fraction of sp³-hybridized carbons (Fsp3) is 0.409. The quantitative estimate of drug-likeness (QED) is 0.570. The van der Waals surface area contributed by atoms with Gasteiger partial charge in [0.2, 0.25) is 0 Å². The number of nitrogens with zero attached hydrogens (tertiary/aromatic N) is 2. The number of carbonyl (C=O) groups is 1. The highest BCUT2D eigenvalue weighted by Gasteiger charge is 2.20. The van der Waals surface area contributed by atoms with Crippen LogP contribution in [0.5, 0.6) is 0 Å². The van der Waals surface area contributed by atoms with Gasteiger partial charge in [0.05, 0.1) is 20.7 Å². The number of hydrogen-bond acceptors (Lipinski definition) is 4. The van der Waals surface area contributed by atoms with E-state index in [0.717, 1.165) is 25.2 Å². The van der Waals surface area contributed by atoms with Crippen LogP contribution in [0.1, 0.15) is 35.7 Å². The van der Waals surface area contributed by atoms with Crippen LogP contribution in [0.2, 0.25) is 10.0 Å². The Morgan fingerprint density at radius 2 is 1.70 bits per heavy atom. The van der Waals surface area contributed by atoms with E-state index in [-0.39, 0.29) is 16.6 Å². The Hall–Kier alpha value is -1.60. The third kappa shape index (κ3) is 5.76. The Balaban J connectivity index is 1.80. The second kappa shape index (κ2) is 10.1. The zero-order chi connectivity index (χ0) is 21.7. The molecule has 0 spiro atoms. The van der Waals surface area contributed by atoms with E-state index in [9.17, 15) is 13.2 Å². The topological polar surface area (TPSA) is 57.7 Å². The average molecular weight is 469 g/mol. The van der Waals surface area contributed by atoms with E-state index in [1.165, 1.54) is 25.0 Å². The van der Waals surface area contributed by atoms with Gasteiger partial charge in [0.15, 0.2) is 9.84 Å². The number of sulfone groups is 1. The number of benzene rings is 2. The second-order valence-electron chi connectivity index (χ2n) is 7.45. The highest BCUT2D eigenvalue weighted by Crippen LogP contribution is 2.24. The van der Waals surface area contributed by atoms with E-state index < -0.39 is 9.84 Å². The number of carbonyl (C=O) groups excluding carboxylic acids is 1. The molecule has 2 aromatic carbocycles. The van der Waals surface area contributed by atoms with Gasteiger partial charge in [0.1, 0.15) is 0 Å². The van der Waals surface area contributed by atoms with Crippen LogP contribution in [0.3, 0.4) is 0 Å². The average Bonchev–Trinajstić information content (AvgIpc) is 3.27. The first-order valence-electron chi connectivity index (χ1n) is 10.1. The van der Waals surface area contributed by atoms with Gasteiger partial charge in [-0.15, -0.1) is 0 Å². The van der Waals surface area contributed by atoms with Gasteiger partial charge in [-0.1, -0.05) is 36.2 Å². The molecule has 3 rings (SSSR count). The molecule has 1 amide bonds. The molecule has 0 unspecified atom stereocenters. The molecular formula is C22H26Cl2N2O3S. The summed E-state index contributed by atoms with van der Waals surface area (Å²) in [6.07, 6.45) is 2.38. The minimum atomic E-state index is -3.30. The summed E-state index contributed by atoms with van der Waals surface area (Å²) in [4.78, 5) is 17.6. The predicted molar refractivity (Wildman–Crippen MR) is 121 cm³/mol. The van der Waals surface area contributed by atoms with Crippen LogP contribution >= 0.6 is 23.2 Å². The molecule has 2 aromatic rings. The van der Waals surface area contributed by atoms with Crippen LogP contribution in [-0.2, 0) is 16.4 Å². The van der Waals surface area contributed by atoms with Crippen LogP contribution in [0, 0.1) is 0 Å².